The summed E-state index contributed by atoms with van der Waals surface area (Å²) in [6.45, 7) is 3.14. The van der Waals surface area contributed by atoms with Crippen molar-refractivity contribution in [3.8, 4) is 5.75 Å². The van der Waals surface area contributed by atoms with E-state index >= 15 is 0 Å². The number of fused-ring (bicyclic) bond motifs is 1. The standard InChI is InChI=1S/C14H20N2O/c1-16-8-6-12-13(16)5-4-11(14(12)17)10-3-2-7-15-9-10/h4-5,10,15,17H,2-3,6-9H2,1H3. The van der Waals surface area contributed by atoms with Gasteiger partial charge in [0.2, 0.25) is 0 Å². The lowest BCUT2D eigenvalue weighted by molar-refractivity contribution is 0.423. The normalized spacial score (nSPS) is 23.8. The van der Waals surface area contributed by atoms with E-state index in [1.807, 2.05) is 0 Å². The Morgan fingerprint density at radius 3 is 3.06 bits per heavy atom. The molecule has 2 aliphatic rings. The largest absolute Gasteiger partial charge is 0.507 e. The van der Waals surface area contributed by atoms with E-state index in [0.717, 1.165) is 37.2 Å². The number of phenols is 1. The number of anilines is 1. The second kappa shape index (κ2) is 4.22. The molecule has 0 amide bonds. The molecule has 1 aromatic carbocycles. The first-order valence-corrected chi connectivity index (χ1v) is 6.54. The van der Waals surface area contributed by atoms with Crippen molar-refractivity contribution in [2.24, 2.45) is 0 Å². The Morgan fingerprint density at radius 2 is 2.29 bits per heavy atom. The molecule has 1 atom stereocenters. The van der Waals surface area contributed by atoms with Crippen LogP contribution in [0, 0.1) is 0 Å². The number of hydrogen-bond donors (Lipinski definition) is 2. The highest BCUT2D eigenvalue weighted by atomic mass is 16.3. The second-order valence-electron chi connectivity index (χ2n) is 5.22. The van der Waals surface area contributed by atoms with E-state index in [0.29, 0.717) is 11.7 Å². The van der Waals surface area contributed by atoms with Crippen LogP contribution in [0.25, 0.3) is 0 Å². The van der Waals surface area contributed by atoms with Crippen molar-refractivity contribution in [2.45, 2.75) is 25.2 Å². The van der Waals surface area contributed by atoms with Crippen molar-refractivity contribution in [2.75, 3.05) is 31.6 Å². The second-order valence-corrected chi connectivity index (χ2v) is 5.22. The Balaban J connectivity index is 1.96. The third kappa shape index (κ3) is 1.78. The van der Waals surface area contributed by atoms with Gasteiger partial charge in [-0.05, 0) is 37.4 Å². The van der Waals surface area contributed by atoms with E-state index in [-0.39, 0.29) is 0 Å². The van der Waals surface area contributed by atoms with Crippen LogP contribution < -0.4 is 10.2 Å². The molecule has 0 spiro atoms. The maximum Gasteiger partial charge on any atom is 0.124 e. The van der Waals surface area contributed by atoms with Crippen molar-refractivity contribution in [1.82, 2.24) is 5.32 Å². The summed E-state index contributed by atoms with van der Waals surface area (Å²) in [4.78, 5) is 2.22. The maximum absolute atomic E-state index is 10.4. The van der Waals surface area contributed by atoms with Gasteiger partial charge in [0.15, 0.2) is 0 Å². The Morgan fingerprint density at radius 1 is 1.41 bits per heavy atom. The van der Waals surface area contributed by atoms with Crippen LogP contribution in [0.1, 0.15) is 29.9 Å². The van der Waals surface area contributed by atoms with E-state index in [9.17, 15) is 5.11 Å². The lowest BCUT2D eigenvalue weighted by Crippen LogP contribution is -2.28. The van der Waals surface area contributed by atoms with Gasteiger partial charge < -0.3 is 15.3 Å². The zero-order valence-corrected chi connectivity index (χ0v) is 10.4. The third-order valence-electron chi connectivity index (χ3n) is 4.13. The van der Waals surface area contributed by atoms with Crippen molar-refractivity contribution < 1.29 is 5.11 Å². The molecular formula is C14H20N2O. The summed E-state index contributed by atoms with van der Waals surface area (Å²) in [5.41, 5.74) is 3.50. The van der Waals surface area contributed by atoms with E-state index in [1.165, 1.54) is 18.5 Å². The zero-order valence-electron chi connectivity index (χ0n) is 10.4. The van der Waals surface area contributed by atoms with Gasteiger partial charge in [-0.15, -0.1) is 0 Å². The number of piperidine rings is 1. The Kier molecular flexibility index (Phi) is 2.71. The van der Waals surface area contributed by atoms with Gasteiger partial charge in [0.25, 0.3) is 0 Å². The Labute approximate surface area is 102 Å². The predicted molar refractivity (Wildman–Crippen MR) is 69.9 cm³/mol. The lowest BCUT2D eigenvalue weighted by Gasteiger charge is -2.25. The van der Waals surface area contributed by atoms with Gasteiger partial charge in [0, 0.05) is 37.3 Å². The maximum atomic E-state index is 10.4. The molecule has 3 heteroatoms. The van der Waals surface area contributed by atoms with Gasteiger partial charge in [-0.2, -0.15) is 0 Å². The molecule has 0 aromatic heterocycles. The molecule has 0 radical (unpaired) electrons. The Bertz CT molecular complexity index is 424. The molecular weight excluding hydrogens is 212 g/mol. The first-order valence-electron chi connectivity index (χ1n) is 6.54. The fourth-order valence-corrected chi connectivity index (χ4v) is 3.09. The average Bonchev–Trinajstić information content (AvgIpc) is 2.74. The summed E-state index contributed by atoms with van der Waals surface area (Å²) >= 11 is 0. The van der Waals surface area contributed by atoms with Crippen molar-refractivity contribution in [3.05, 3.63) is 23.3 Å². The molecule has 2 N–H and O–H groups in total. The monoisotopic (exact) mass is 232 g/mol. The molecule has 92 valence electrons. The predicted octanol–water partition coefficient (Wildman–Crippen LogP) is 1.85. The molecule has 1 fully saturated rings. The summed E-state index contributed by atoms with van der Waals surface area (Å²) in [7, 11) is 2.09. The number of nitrogens with one attached hydrogen (secondary N) is 1. The minimum atomic E-state index is 0.486. The zero-order chi connectivity index (χ0) is 11.8. The van der Waals surface area contributed by atoms with Crippen LogP contribution in [-0.4, -0.2) is 31.8 Å². The molecule has 0 saturated carbocycles. The fourth-order valence-electron chi connectivity index (χ4n) is 3.09. The smallest absolute Gasteiger partial charge is 0.124 e. The summed E-state index contributed by atoms with van der Waals surface area (Å²) in [6.07, 6.45) is 3.38. The van der Waals surface area contributed by atoms with Crippen LogP contribution in [0.3, 0.4) is 0 Å². The van der Waals surface area contributed by atoms with E-state index in [1.54, 1.807) is 0 Å². The highest BCUT2D eigenvalue weighted by molar-refractivity contribution is 5.65. The van der Waals surface area contributed by atoms with Crippen molar-refractivity contribution in [1.29, 1.82) is 0 Å². The number of nitrogens with zero attached hydrogens (tertiary/aromatic N) is 1. The van der Waals surface area contributed by atoms with E-state index in [2.05, 4.69) is 29.4 Å². The summed E-state index contributed by atoms with van der Waals surface area (Å²) < 4.78 is 0. The molecule has 1 saturated heterocycles. The number of benzene rings is 1. The van der Waals surface area contributed by atoms with Crippen molar-refractivity contribution in [3.63, 3.8) is 0 Å². The van der Waals surface area contributed by atoms with E-state index in [4.69, 9.17) is 0 Å². The highest BCUT2D eigenvalue weighted by Gasteiger charge is 2.25. The van der Waals surface area contributed by atoms with Gasteiger partial charge >= 0.3 is 0 Å². The number of phenolic OH excluding ortho intramolecular Hbond substituents is 1. The van der Waals surface area contributed by atoms with Crippen LogP contribution in [0.5, 0.6) is 5.75 Å². The average molecular weight is 232 g/mol. The molecule has 3 rings (SSSR count). The SMILES string of the molecule is CN1CCc2c1ccc(C1CCCNC1)c2O. The quantitative estimate of drug-likeness (QED) is 0.775. The van der Waals surface area contributed by atoms with Gasteiger partial charge in [0.1, 0.15) is 5.75 Å². The minimum Gasteiger partial charge on any atom is -0.507 e. The third-order valence-corrected chi connectivity index (χ3v) is 4.13. The molecule has 3 nitrogen and oxygen atoms in total. The minimum absolute atomic E-state index is 0.486. The van der Waals surface area contributed by atoms with Crippen LogP contribution in [-0.2, 0) is 6.42 Å². The number of rotatable bonds is 1. The fraction of sp³-hybridized carbons (Fsp3) is 0.571. The summed E-state index contributed by atoms with van der Waals surface area (Å²) in [5, 5.41) is 13.8. The first kappa shape index (κ1) is 10.9. The highest BCUT2D eigenvalue weighted by Crippen LogP contribution is 2.40. The topological polar surface area (TPSA) is 35.5 Å². The molecule has 1 unspecified atom stereocenters. The lowest BCUT2D eigenvalue weighted by atomic mass is 9.89. The Hall–Kier alpha value is -1.22. The molecule has 17 heavy (non-hydrogen) atoms. The number of hydrogen-bond acceptors (Lipinski definition) is 3. The van der Waals surface area contributed by atoms with Crippen LogP contribution >= 0.6 is 0 Å². The van der Waals surface area contributed by atoms with Gasteiger partial charge in [-0.1, -0.05) is 6.07 Å². The van der Waals surface area contributed by atoms with Crippen molar-refractivity contribution >= 4 is 5.69 Å². The number of aromatic hydroxyl groups is 1. The molecule has 2 aliphatic heterocycles. The van der Waals surface area contributed by atoms with Gasteiger partial charge in [-0.25, -0.2) is 0 Å². The van der Waals surface area contributed by atoms with E-state index < -0.39 is 0 Å². The first-order chi connectivity index (χ1) is 8.27. The van der Waals surface area contributed by atoms with Gasteiger partial charge in [0.05, 0.1) is 0 Å². The van der Waals surface area contributed by atoms with Crippen LogP contribution in [0.4, 0.5) is 5.69 Å². The summed E-state index contributed by atoms with van der Waals surface area (Å²) in [6, 6.07) is 4.29. The van der Waals surface area contributed by atoms with Crippen LogP contribution in [0.15, 0.2) is 12.1 Å². The molecule has 1 aromatic rings. The molecule has 0 bridgehead atoms. The number of likely N-dealkylation sites (N-methyl/N-ethyl adjacent to an activating group) is 1. The molecule has 0 aliphatic carbocycles. The molecule has 2 heterocycles. The summed E-state index contributed by atoms with van der Waals surface area (Å²) in [5.74, 6) is 1.04. The van der Waals surface area contributed by atoms with Gasteiger partial charge in [-0.3, -0.25) is 0 Å². The van der Waals surface area contributed by atoms with Crippen LogP contribution in [0.2, 0.25) is 0 Å².